The summed E-state index contributed by atoms with van der Waals surface area (Å²) in [7, 11) is 5.85. The second-order valence-corrected chi connectivity index (χ2v) is 6.14. The predicted molar refractivity (Wildman–Crippen MR) is 90.7 cm³/mol. The van der Waals surface area contributed by atoms with E-state index < -0.39 is 0 Å². The molecule has 3 nitrogen and oxygen atoms in total. The van der Waals surface area contributed by atoms with Crippen molar-refractivity contribution in [2.24, 2.45) is 0 Å². The first-order valence-corrected chi connectivity index (χ1v) is 7.54. The normalized spacial score (nSPS) is 10.3. The van der Waals surface area contributed by atoms with Crippen molar-refractivity contribution in [3.8, 4) is 0 Å². The summed E-state index contributed by atoms with van der Waals surface area (Å²) in [5.41, 5.74) is 2.97. The Morgan fingerprint density at radius 2 is 1.52 bits per heavy atom. The largest absolute Gasteiger partial charge is 0.378 e. The zero-order valence-corrected chi connectivity index (χ0v) is 14.1. The predicted octanol–water partition coefficient (Wildman–Crippen LogP) is 3.79. The van der Waals surface area contributed by atoms with Crippen LogP contribution in [0, 0.1) is 0 Å². The summed E-state index contributed by atoms with van der Waals surface area (Å²) in [5.74, 6) is 0.0270. The topological polar surface area (TPSA) is 23.6 Å². The van der Waals surface area contributed by atoms with Crippen LogP contribution in [0.3, 0.4) is 0 Å². The number of benzene rings is 2. The maximum Gasteiger partial charge on any atom is 0.253 e. The highest BCUT2D eigenvalue weighted by atomic mass is 79.9. The minimum Gasteiger partial charge on any atom is -0.378 e. The Morgan fingerprint density at radius 1 is 0.952 bits per heavy atom. The van der Waals surface area contributed by atoms with E-state index in [9.17, 15) is 4.79 Å². The van der Waals surface area contributed by atoms with Gasteiger partial charge in [-0.3, -0.25) is 4.79 Å². The molecule has 0 unspecified atom stereocenters. The summed E-state index contributed by atoms with van der Waals surface area (Å²) in [6.45, 7) is 0.600. The van der Waals surface area contributed by atoms with E-state index in [1.165, 1.54) is 0 Å². The molecule has 0 aliphatic rings. The molecule has 0 spiro atoms. The molecule has 2 rings (SSSR count). The number of carbonyl (C=O) groups excluding carboxylic acids is 1. The highest BCUT2D eigenvalue weighted by Gasteiger charge is 2.11. The first-order valence-electron chi connectivity index (χ1n) is 6.74. The van der Waals surface area contributed by atoms with Gasteiger partial charge in [-0.2, -0.15) is 0 Å². The fraction of sp³-hybridized carbons (Fsp3) is 0.235. The van der Waals surface area contributed by atoms with Crippen LogP contribution in [0.4, 0.5) is 5.69 Å². The maximum absolute atomic E-state index is 12.3. The van der Waals surface area contributed by atoms with Crippen molar-refractivity contribution in [3.05, 3.63) is 64.1 Å². The number of hydrogen-bond donors (Lipinski definition) is 0. The van der Waals surface area contributed by atoms with Crippen molar-refractivity contribution < 1.29 is 4.79 Å². The molecule has 0 bridgehead atoms. The molecule has 2 aromatic carbocycles. The third-order valence-electron chi connectivity index (χ3n) is 3.31. The summed E-state index contributed by atoms with van der Waals surface area (Å²) in [5, 5.41) is 0. The number of hydrogen-bond acceptors (Lipinski definition) is 2. The quantitative estimate of drug-likeness (QED) is 0.840. The molecule has 0 heterocycles. The monoisotopic (exact) mass is 346 g/mol. The van der Waals surface area contributed by atoms with Gasteiger partial charge in [0.15, 0.2) is 0 Å². The molecular formula is C17H19BrN2O. The zero-order chi connectivity index (χ0) is 15.4. The van der Waals surface area contributed by atoms with Gasteiger partial charge in [0, 0.05) is 43.4 Å². The number of carbonyl (C=O) groups is 1. The number of anilines is 1. The van der Waals surface area contributed by atoms with E-state index in [0.717, 1.165) is 15.7 Å². The van der Waals surface area contributed by atoms with Crippen molar-refractivity contribution >= 4 is 27.5 Å². The fourth-order valence-electron chi connectivity index (χ4n) is 2.06. The molecule has 110 valence electrons. The van der Waals surface area contributed by atoms with Crippen molar-refractivity contribution in [2.75, 3.05) is 26.0 Å². The Labute approximate surface area is 134 Å². The minimum absolute atomic E-state index is 0.0270. The van der Waals surface area contributed by atoms with Crippen LogP contribution in [-0.2, 0) is 6.54 Å². The number of nitrogens with zero attached hydrogens (tertiary/aromatic N) is 2. The van der Waals surface area contributed by atoms with Crippen LogP contribution >= 0.6 is 15.9 Å². The third kappa shape index (κ3) is 4.08. The van der Waals surface area contributed by atoms with Crippen molar-refractivity contribution in [2.45, 2.75) is 6.54 Å². The van der Waals surface area contributed by atoms with Gasteiger partial charge >= 0.3 is 0 Å². The van der Waals surface area contributed by atoms with Gasteiger partial charge in [0.1, 0.15) is 0 Å². The Kier molecular flexibility index (Phi) is 5.02. The lowest BCUT2D eigenvalue weighted by Gasteiger charge is -2.18. The van der Waals surface area contributed by atoms with Crippen molar-refractivity contribution in [1.82, 2.24) is 4.90 Å². The number of halogens is 1. The van der Waals surface area contributed by atoms with Crippen molar-refractivity contribution in [3.63, 3.8) is 0 Å². The minimum atomic E-state index is 0.0270. The van der Waals surface area contributed by atoms with Gasteiger partial charge in [-0.05, 0) is 42.0 Å². The van der Waals surface area contributed by atoms with Crippen LogP contribution < -0.4 is 4.90 Å². The lowest BCUT2D eigenvalue weighted by atomic mass is 10.1. The molecule has 1 amide bonds. The van der Waals surface area contributed by atoms with Crippen LogP contribution in [-0.4, -0.2) is 32.0 Å². The molecule has 0 aromatic heterocycles. The second kappa shape index (κ2) is 6.76. The highest BCUT2D eigenvalue weighted by Crippen LogP contribution is 2.15. The Morgan fingerprint density at radius 3 is 2.05 bits per heavy atom. The molecule has 0 atom stereocenters. The lowest BCUT2D eigenvalue weighted by Crippen LogP contribution is -2.26. The molecular weight excluding hydrogens is 328 g/mol. The number of amides is 1. The Bertz CT molecular complexity index is 606. The third-order valence-corrected chi connectivity index (χ3v) is 3.84. The van der Waals surface area contributed by atoms with E-state index in [4.69, 9.17) is 0 Å². The second-order valence-electron chi connectivity index (χ2n) is 5.23. The van der Waals surface area contributed by atoms with Gasteiger partial charge < -0.3 is 9.80 Å². The summed E-state index contributed by atoms with van der Waals surface area (Å²) < 4.78 is 0.973. The molecule has 0 fully saturated rings. The molecule has 2 aromatic rings. The Balaban J connectivity index is 2.05. The van der Waals surface area contributed by atoms with E-state index in [1.54, 1.807) is 4.90 Å². The van der Waals surface area contributed by atoms with Crippen LogP contribution in [0.5, 0.6) is 0 Å². The van der Waals surface area contributed by atoms with E-state index >= 15 is 0 Å². The molecule has 0 aliphatic heterocycles. The van der Waals surface area contributed by atoms with Gasteiger partial charge in [-0.1, -0.05) is 28.1 Å². The molecule has 0 radical (unpaired) electrons. The fourth-order valence-corrected chi connectivity index (χ4v) is 2.32. The lowest BCUT2D eigenvalue weighted by molar-refractivity contribution is 0.0785. The van der Waals surface area contributed by atoms with E-state index in [-0.39, 0.29) is 5.91 Å². The van der Waals surface area contributed by atoms with E-state index in [2.05, 4.69) is 45.1 Å². The van der Waals surface area contributed by atoms with Crippen molar-refractivity contribution in [1.29, 1.82) is 0 Å². The summed E-state index contributed by atoms with van der Waals surface area (Å²) in [6, 6.07) is 15.7. The Hall–Kier alpha value is -1.81. The van der Waals surface area contributed by atoms with Crippen LogP contribution in [0.15, 0.2) is 53.0 Å². The zero-order valence-electron chi connectivity index (χ0n) is 12.5. The molecule has 0 saturated carbocycles. The first kappa shape index (κ1) is 15.6. The standard InChI is InChI=1S/C17H19BrN2O/c1-19(2)16-10-4-13(5-11-16)12-20(3)17(21)14-6-8-15(18)9-7-14/h4-11H,12H2,1-3H3. The van der Waals surface area contributed by atoms with Crippen LogP contribution in [0.25, 0.3) is 0 Å². The van der Waals surface area contributed by atoms with E-state index in [0.29, 0.717) is 12.1 Å². The van der Waals surface area contributed by atoms with Gasteiger partial charge in [-0.25, -0.2) is 0 Å². The molecule has 0 saturated heterocycles. The summed E-state index contributed by atoms with van der Waals surface area (Å²) >= 11 is 3.37. The highest BCUT2D eigenvalue weighted by molar-refractivity contribution is 9.10. The molecule has 0 aliphatic carbocycles. The van der Waals surface area contributed by atoms with Gasteiger partial charge in [0.25, 0.3) is 5.91 Å². The van der Waals surface area contributed by atoms with E-state index in [1.807, 2.05) is 45.4 Å². The SMILES string of the molecule is CN(Cc1ccc(N(C)C)cc1)C(=O)c1ccc(Br)cc1. The van der Waals surface area contributed by atoms with Crippen LogP contribution in [0.2, 0.25) is 0 Å². The molecule has 21 heavy (non-hydrogen) atoms. The number of rotatable bonds is 4. The maximum atomic E-state index is 12.3. The average Bonchev–Trinajstić information content (AvgIpc) is 2.47. The summed E-state index contributed by atoms with van der Waals surface area (Å²) in [6.07, 6.45) is 0. The smallest absolute Gasteiger partial charge is 0.253 e. The van der Waals surface area contributed by atoms with Crippen LogP contribution in [0.1, 0.15) is 15.9 Å². The first-order chi connectivity index (χ1) is 9.97. The summed E-state index contributed by atoms with van der Waals surface area (Å²) in [4.78, 5) is 16.1. The molecule has 4 heteroatoms. The van der Waals surface area contributed by atoms with Gasteiger partial charge in [0.05, 0.1) is 0 Å². The van der Waals surface area contributed by atoms with Gasteiger partial charge in [0.2, 0.25) is 0 Å². The van der Waals surface area contributed by atoms with Gasteiger partial charge in [-0.15, -0.1) is 0 Å². The average molecular weight is 347 g/mol. The molecule has 0 N–H and O–H groups in total.